The topological polar surface area (TPSA) is 68.1 Å². The van der Waals surface area contributed by atoms with E-state index in [4.69, 9.17) is 4.74 Å². The first-order chi connectivity index (χ1) is 10.3. The molecule has 0 radical (unpaired) electrons. The Morgan fingerprint density at radius 1 is 1.52 bits per heavy atom. The van der Waals surface area contributed by atoms with Crippen LogP contribution in [-0.4, -0.2) is 51.1 Å². The van der Waals surface area contributed by atoms with Crippen LogP contribution in [0.1, 0.15) is 23.9 Å². The van der Waals surface area contributed by atoms with Crippen molar-refractivity contribution in [2.75, 3.05) is 25.5 Å². The molecule has 2 aliphatic heterocycles. The van der Waals surface area contributed by atoms with E-state index in [0.29, 0.717) is 6.61 Å². The van der Waals surface area contributed by atoms with Crippen LogP contribution < -0.4 is 5.32 Å². The van der Waals surface area contributed by atoms with Crippen LogP contribution in [0.25, 0.3) is 0 Å². The molecule has 2 atom stereocenters. The van der Waals surface area contributed by atoms with Gasteiger partial charge in [-0.05, 0) is 6.42 Å². The highest BCUT2D eigenvalue weighted by Crippen LogP contribution is 2.30. The number of fused-ring (bicyclic) bond motifs is 3. The first-order valence-electron chi connectivity index (χ1n) is 7.18. The van der Waals surface area contributed by atoms with Gasteiger partial charge in [-0.25, -0.2) is 9.67 Å². The number of nitrogens with zero attached hydrogens (tertiary/aromatic N) is 5. The molecule has 0 aliphatic carbocycles. The van der Waals surface area contributed by atoms with Gasteiger partial charge in [0.2, 0.25) is 0 Å². The highest BCUT2D eigenvalue weighted by molar-refractivity contribution is 7.13. The first-order valence-corrected chi connectivity index (χ1v) is 8.06. The fourth-order valence-electron chi connectivity index (χ4n) is 3.11. The van der Waals surface area contributed by atoms with Crippen molar-refractivity contribution < 1.29 is 4.74 Å². The fourth-order valence-corrected chi connectivity index (χ4v) is 3.77. The van der Waals surface area contributed by atoms with E-state index in [1.165, 1.54) is 0 Å². The lowest BCUT2D eigenvalue weighted by Crippen LogP contribution is -2.47. The van der Waals surface area contributed by atoms with E-state index in [0.717, 1.165) is 42.6 Å². The predicted molar refractivity (Wildman–Crippen MR) is 79.2 cm³/mol. The van der Waals surface area contributed by atoms with Crippen molar-refractivity contribution in [1.82, 2.24) is 24.9 Å². The number of anilines is 1. The summed E-state index contributed by atoms with van der Waals surface area (Å²) in [6.45, 7) is 3.49. The second-order valence-corrected chi connectivity index (χ2v) is 6.36. The van der Waals surface area contributed by atoms with Crippen LogP contribution in [0.2, 0.25) is 0 Å². The Kier molecular flexibility index (Phi) is 3.36. The number of piperidine rings is 1. The average molecular weight is 306 g/mol. The highest BCUT2D eigenvalue weighted by Gasteiger charge is 2.36. The lowest BCUT2D eigenvalue weighted by molar-refractivity contribution is -0.0671. The van der Waals surface area contributed by atoms with Gasteiger partial charge in [-0.2, -0.15) is 0 Å². The zero-order chi connectivity index (χ0) is 14.2. The molecule has 0 unspecified atom stereocenters. The van der Waals surface area contributed by atoms with Gasteiger partial charge < -0.3 is 10.1 Å². The SMILES string of the molecule is CNc1nc(CN2CC[C@@H]3OCc4cnnn4[C@@H]3C2)cs1. The van der Waals surface area contributed by atoms with Gasteiger partial charge in [-0.1, -0.05) is 5.21 Å². The minimum Gasteiger partial charge on any atom is -0.370 e. The molecular formula is C13H18N6OS. The fraction of sp³-hybridized carbons (Fsp3) is 0.615. The summed E-state index contributed by atoms with van der Waals surface area (Å²) in [7, 11) is 1.90. The summed E-state index contributed by atoms with van der Waals surface area (Å²) >= 11 is 1.65. The van der Waals surface area contributed by atoms with Gasteiger partial charge in [-0.15, -0.1) is 16.4 Å². The molecule has 2 aliphatic rings. The van der Waals surface area contributed by atoms with E-state index in [2.05, 4.69) is 30.9 Å². The number of hydrogen-bond acceptors (Lipinski definition) is 7. The molecule has 2 aromatic heterocycles. The molecule has 0 aromatic carbocycles. The second-order valence-electron chi connectivity index (χ2n) is 5.50. The van der Waals surface area contributed by atoms with E-state index in [1.807, 2.05) is 11.7 Å². The van der Waals surface area contributed by atoms with Crippen LogP contribution in [0.15, 0.2) is 11.6 Å². The normalized spacial score (nSPS) is 25.4. The Balaban J connectivity index is 1.48. The maximum Gasteiger partial charge on any atom is 0.182 e. The minimum atomic E-state index is 0.263. The lowest BCUT2D eigenvalue weighted by Gasteiger charge is -2.40. The lowest BCUT2D eigenvalue weighted by atomic mass is 10.0. The number of likely N-dealkylation sites (tertiary alicyclic amines) is 1. The van der Waals surface area contributed by atoms with E-state index in [9.17, 15) is 0 Å². The summed E-state index contributed by atoms with van der Waals surface area (Å²) in [5.74, 6) is 0. The molecule has 4 rings (SSSR count). The number of hydrogen-bond donors (Lipinski definition) is 1. The van der Waals surface area contributed by atoms with E-state index < -0.39 is 0 Å². The van der Waals surface area contributed by atoms with Crippen molar-refractivity contribution >= 4 is 16.5 Å². The molecule has 0 bridgehead atoms. The molecule has 8 heteroatoms. The van der Waals surface area contributed by atoms with Crippen LogP contribution in [-0.2, 0) is 17.9 Å². The molecule has 0 amide bonds. The Labute approximate surface area is 126 Å². The predicted octanol–water partition coefficient (Wildman–Crippen LogP) is 1.12. The number of thiazole rings is 1. The van der Waals surface area contributed by atoms with Gasteiger partial charge in [0.15, 0.2) is 5.13 Å². The third-order valence-electron chi connectivity index (χ3n) is 4.16. The highest BCUT2D eigenvalue weighted by atomic mass is 32.1. The zero-order valence-electron chi connectivity index (χ0n) is 11.9. The molecule has 4 heterocycles. The Morgan fingerprint density at radius 3 is 3.33 bits per heavy atom. The van der Waals surface area contributed by atoms with Crippen molar-refractivity contribution in [1.29, 1.82) is 0 Å². The summed E-state index contributed by atoms with van der Waals surface area (Å²) in [6, 6.07) is 0.271. The molecule has 7 nitrogen and oxygen atoms in total. The molecule has 1 N–H and O–H groups in total. The summed E-state index contributed by atoms with van der Waals surface area (Å²) in [5, 5.41) is 14.4. The molecular weight excluding hydrogens is 288 g/mol. The van der Waals surface area contributed by atoms with Gasteiger partial charge >= 0.3 is 0 Å². The number of nitrogens with one attached hydrogen (secondary N) is 1. The molecule has 0 saturated carbocycles. The van der Waals surface area contributed by atoms with Crippen molar-refractivity contribution in [3.8, 4) is 0 Å². The largest absolute Gasteiger partial charge is 0.370 e. The number of aromatic nitrogens is 4. The molecule has 2 aromatic rings. The maximum atomic E-state index is 5.94. The van der Waals surface area contributed by atoms with E-state index >= 15 is 0 Å². The summed E-state index contributed by atoms with van der Waals surface area (Å²) < 4.78 is 7.98. The quantitative estimate of drug-likeness (QED) is 0.916. The Bertz CT molecular complexity index is 626. The van der Waals surface area contributed by atoms with Crippen LogP contribution >= 0.6 is 11.3 Å². The van der Waals surface area contributed by atoms with Crippen LogP contribution in [0, 0.1) is 0 Å². The Hall–Kier alpha value is -1.51. The second kappa shape index (κ2) is 5.36. The van der Waals surface area contributed by atoms with E-state index in [-0.39, 0.29) is 12.1 Å². The van der Waals surface area contributed by atoms with Crippen molar-refractivity contribution in [2.45, 2.75) is 31.7 Å². The van der Waals surface area contributed by atoms with Crippen LogP contribution in [0.5, 0.6) is 0 Å². The van der Waals surface area contributed by atoms with Gasteiger partial charge in [0, 0.05) is 32.1 Å². The van der Waals surface area contributed by atoms with Crippen molar-refractivity contribution in [3.63, 3.8) is 0 Å². The summed E-state index contributed by atoms with van der Waals surface area (Å²) in [4.78, 5) is 6.99. The van der Waals surface area contributed by atoms with Gasteiger partial charge in [-0.3, -0.25) is 4.90 Å². The summed E-state index contributed by atoms with van der Waals surface area (Å²) in [5.41, 5.74) is 2.20. The smallest absolute Gasteiger partial charge is 0.182 e. The van der Waals surface area contributed by atoms with Gasteiger partial charge in [0.1, 0.15) is 0 Å². The zero-order valence-corrected chi connectivity index (χ0v) is 12.7. The number of ether oxygens (including phenoxy) is 1. The van der Waals surface area contributed by atoms with Gasteiger partial charge in [0.25, 0.3) is 0 Å². The summed E-state index contributed by atoms with van der Waals surface area (Å²) in [6.07, 6.45) is 3.10. The van der Waals surface area contributed by atoms with Crippen LogP contribution in [0.3, 0.4) is 0 Å². The molecule has 1 fully saturated rings. The molecule has 21 heavy (non-hydrogen) atoms. The standard InChI is InChI=1S/C13H18N6OS/c1-14-13-16-9(8-21-13)5-18-3-2-12-11(6-18)19-10(7-20-12)4-15-17-19/h4,8,11-12H,2-3,5-7H2,1H3,(H,14,16)/t11-,12+/m1/s1. The van der Waals surface area contributed by atoms with Gasteiger partial charge in [0.05, 0.1) is 36.3 Å². The van der Waals surface area contributed by atoms with Crippen LogP contribution in [0.4, 0.5) is 5.13 Å². The van der Waals surface area contributed by atoms with E-state index in [1.54, 1.807) is 17.5 Å². The maximum absolute atomic E-state index is 5.94. The molecule has 0 spiro atoms. The monoisotopic (exact) mass is 306 g/mol. The average Bonchev–Trinajstić information content (AvgIpc) is 3.15. The first kappa shape index (κ1) is 13.2. The van der Waals surface area contributed by atoms with Crippen molar-refractivity contribution in [2.24, 2.45) is 0 Å². The van der Waals surface area contributed by atoms with Crippen molar-refractivity contribution in [3.05, 3.63) is 23.0 Å². The molecule has 112 valence electrons. The third-order valence-corrected chi connectivity index (χ3v) is 5.07. The third kappa shape index (κ3) is 2.43. The minimum absolute atomic E-state index is 0.263. The Morgan fingerprint density at radius 2 is 2.48 bits per heavy atom. The molecule has 1 saturated heterocycles. The number of rotatable bonds is 3.